The number of hydroxylamine groups is 1. The van der Waals surface area contributed by atoms with Crippen LogP contribution in [0.25, 0.3) is 0 Å². The lowest BCUT2D eigenvalue weighted by molar-refractivity contribution is -0.136. The number of rotatable bonds is 16. The van der Waals surface area contributed by atoms with Gasteiger partial charge in [0.2, 0.25) is 0 Å². The zero-order chi connectivity index (χ0) is 30.1. The molecule has 4 aromatic carbocycles. The lowest BCUT2D eigenvalue weighted by atomic mass is 10.0. The van der Waals surface area contributed by atoms with Gasteiger partial charge in [-0.2, -0.15) is 0 Å². The van der Waals surface area contributed by atoms with Gasteiger partial charge < -0.3 is 14.8 Å². The van der Waals surface area contributed by atoms with Gasteiger partial charge in [-0.3, -0.25) is 9.63 Å². The normalized spacial score (nSPS) is 12.1. The number of thioether (sulfide) groups is 1. The number of ether oxygens (including phenoxy) is 2. The highest BCUT2D eigenvalue weighted by atomic mass is 32.2. The third-order valence-electron chi connectivity index (χ3n) is 6.79. The zero-order valence-corrected chi connectivity index (χ0v) is 25.1. The lowest BCUT2D eigenvalue weighted by Crippen LogP contribution is -2.52. The van der Waals surface area contributed by atoms with Crippen LogP contribution in [0.1, 0.15) is 36.0 Å². The maximum atomic E-state index is 13.6. The van der Waals surface area contributed by atoms with Gasteiger partial charge in [0.1, 0.15) is 18.4 Å². The summed E-state index contributed by atoms with van der Waals surface area (Å²) >= 11 is 1.53. The predicted octanol–water partition coefficient (Wildman–Crippen LogP) is 7.11. The van der Waals surface area contributed by atoms with Crippen molar-refractivity contribution < 1.29 is 23.9 Å². The van der Waals surface area contributed by atoms with Crippen molar-refractivity contribution in [3.63, 3.8) is 0 Å². The molecule has 2 atom stereocenters. The first-order chi connectivity index (χ1) is 21.1. The molecule has 0 aromatic heterocycles. The van der Waals surface area contributed by atoms with E-state index in [4.69, 9.17) is 14.3 Å². The van der Waals surface area contributed by atoms with Crippen LogP contribution >= 0.6 is 11.8 Å². The number of nitrogens with one attached hydrogen (secondary N) is 2. The average Bonchev–Trinajstić information content (AvgIpc) is 3.06. The number of aryl methyl sites for hydroxylation is 1. The van der Waals surface area contributed by atoms with Crippen LogP contribution < -0.4 is 15.5 Å². The van der Waals surface area contributed by atoms with Gasteiger partial charge in [-0.1, -0.05) is 97.4 Å². The van der Waals surface area contributed by atoms with Gasteiger partial charge in [0, 0.05) is 10.1 Å². The molecule has 4 rings (SSSR count). The molecule has 224 valence electrons. The number of hydrogen-bond donors (Lipinski definition) is 2. The molecular weight excluding hydrogens is 560 g/mol. The van der Waals surface area contributed by atoms with Crippen molar-refractivity contribution in [3.05, 3.63) is 132 Å². The third kappa shape index (κ3) is 11.1. The first-order valence-electron chi connectivity index (χ1n) is 14.4. The quantitative estimate of drug-likeness (QED) is 0.0812. The predicted molar refractivity (Wildman–Crippen MR) is 170 cm³/mol. The van der Waals surface area contributed by atoms with Crippen molar-refractivity contribution in [2.75, 3.05) is 7.11 Å². The Morgan fingerprint density at radius 1 is 0.721 bits per heavy atom. The van der Waals surface area contributed by atoms with Gasteiger partial charge in [0.15, 0.2) is 0 Å². The van der Waals surface area contributed by atoms with Crippen LogP contribution in [0.15, 0.2) is 120 Å². The molecule has 8 heteroatoms. The first-order valence-corrected chi connectivity index (χ1v) is 15.3. The summed E-state index contributed by atoms with van der Waals surface area (Å²) < 4.78 is 10.8. The van der Waals surface area contributed by atoms with E-state index in [1.165, 1.54) is 17.3 Å². The molecule has 2 N–H and O–H groups in total. The minimum atomic E-state index is -0.914. The van der Waals surface area contributed by atoms with Crippen LogP contribution in [0.3, 0.4) is 0 Å². The van der Waals surface area contributed by atoms with Gasteiger partial charge in [-0.25, -0.2) is 10.3 Å². The van der Waals surface area contributed by atoms with E-state index < -0.39 is 18.0 Å². The Hall–Kier alpha value is -4.27. The molecule has 2 amide bonds. The molecule has 43 heavy (non-hydrogen) atoms. The fourth-order valence-electron chi connectivity index (χ4n) is 4.49. The van der Waals surface area contributed by atoms with Gasteiger partial charge in [-0.15, -0.1) is 11.8 Å². The van der Waals surface area contributed by atoms with E-state index in [1.807, 2.05) is 103 Å². The molecule has 0 spiro atoms. The molecule has 0 saturated carbocycles. The first kappa shape index (κ1) is 31.7. The summed E-state index contributed by atoms with van der Waals surface area (Å²) in [5.41, 5.74) is 5.61. The van der Waals surface area contributed by atoms with Crippen molar-refractivity contribution in [2.45, 2.75) is 55.1 Å². The second-order valence-electron chi connectivity index (χ2n) is 9.99. The Morgan fingerprint density at radius 2 is 1.30 bits per heavy atom. The molecule has 0 radical (unpaired) electrons. The van der Waals surface area contributed by atoms with Crippen molar-refractivity contribution in [1.29, 1.82) is 0 Å². The van der Waals surface area contributed by atoms with Crippen LogP contribution in [0.2, 0.25) is 0 Å². The maximum Gasteiger partial charge on any atom is 0.408 e. The van der Waals surface area contributed by atoms with Crippen molar-refractivity contribution in [2.24, 2.45) is 0 Å². The van der Waals surface area contributed by atoms with E-state index in [2.05, 4.69) is 22.9 Å². The standard InChI is InChI=1S/C35H38N2O5S/c1-40-30-21-23-31(24-22-30)43-32(20-12-11-15-27-13-5-2-6-14-27)33(34(38)37-42-26-29-18-9-4-10-19-29)36-35(39)41-25-28-16-7-3-8-17-28/h2-10,13-14,16-19,21-24,32-33H,11-12,15,20,25-26H2,1H3,(H,36,39)(H,37,38)/t32-,33?/m1/s1. The maximum absolute atomic E-state index is 13.6. The Morgan fingerprint density at radius 3 is 1.91 bits per heavy atom. The van der Waals surface area contributed by atoms with Crippen molar-refractivity contribution in [1.82, 2.24) is 10.8 Å². The second-order valence-corrected chi connectivity index (χ2v) is 11.3. The SMILES string of the molecule is COc1ccc(S[C@H](CCCCc2ccccc2)C(NC(=O)OCc2ccccc2)C(=O)NOCc2ccccc2)cc1. The third-order valence-corrected chi connectivity index (χ3v) is 8.14. The smallest absolute Gasteiger partial charge is 0.408 e. The number of hydrogen-bond acceptors (Lipinski definition) is 6. The van der Waals surface area contributed by atoms with Crippen LogP contribution in [-0.4, -0.2) is 30.4 Å². The fraction of sp³-hybridized carbons (Fsp3) is 0.257. The molecule has 0 aliphatic heterocycles. The molecule has 0 heterocycles. The number of carbonyl (C=O) groups is 2. The second kappa shape index (κ2) is 17.6. The topological polar surface area (TPSA) is 85.9 Å². The Bertz CT molecular complexity index is 1370. The van der Waals surface area contributed by atoms with Crippen LogP contribution in [-0.2, 0) is 34.0 Å². The molecule has 7 nitrogen and oxygen atoms in total. The van der Waals surface area contributed by atoms with Crippen LogP contribution in [0.5, 0.6) is 5.75 Å². The minimum absolute atomic E-state index is 0.0961. The molecule has 0 aliphatic rings. The van der Waals surface area contributed by atoms with E-state index in [-0.39, 0.29) is 18.5 Å². The largest absolute Gasteiger partial charge is 0.497 e. The number of amides is 2. The highest BCUT2D eigenvalue weighted by Gasteiger charge is 2.31. The summed E-state index contributed by atoms with van der Waals surface area (Å²) in [6.45, 7) is 0.296. The molecule has 0 fully saturated rings. The summed E-state index contributed by atoms with van der Waals surface area (Å²) in [6, 6.07) is 36.1. The fourth-order valence-corrected chi connectivity index (χ4v) is 5.74. The summed E-state index contributed by atoms with van der Waals surface area (Å²) in [4.78, 5) is 33.1. The van der Waals surface area contributed by atoms with E-state index in [1.54, 1.807) is 7.11 Å². The van der Waals surface area contributed by atoms with E-state index >= 15 is 0 Å². The van der Waals surface area contributed by atoms with Crippen LogP contribution in [0, 0.1) is 0 Å². The van der Waals surface area contributed by atoms with Gasteiger partial charge in [0.05, 0.1) is 13.7 Å². The van der Waals surface area contributed by atoms with Gasteiger partial charge >= 0.3 is 6.09 Å². The van der Waals surface area contributed by atoms with Crippen molar-refractivity contribution >= 4 is 23.8 Å². The summed E-state index contributed by atoms with van der Waals surface area (Å²) in [5, 5.41) is 2.54. The number of benzene rings is 4. The summed E-state index contributed by atoms with van der Waals surface area (Å²) in [5.74, 6) is 0.302. The molecule has 1 unspecified atom stereocenters. The number of alkyl carbamates (subject to hydrolysis) is 1. The van der Waals surface area contributed by atoms with Gasteiger partial charge in [-0.05, 0) is 60.2 Å². The molecule has 4 aromatic rings. The zero-order valence-electron chi connectivity index (χ0n) is 24.3. The number of carbonyl (C=O) groups excluding carboxylic acids is 2. The van der Waals surface area contributed by atoms with E-state index in [0.717, 1.165) is 41.0 Å². The van der Waals surface area contributed by atoms with Gasteiger partial charge in [0.25, 0.3) is 5.91 Å². The van der Waals surface area contributed by atoms with Crippen molar-refractivity contribution in [3.8, 4) is 5.75 Å². The average molecular weight is 599 g/mol. The van der Waals surface area contributed by atoms with Crippen LogP contribution in [0.4, 0.5) is 4.79 Å². The highest BCUT2D eigenvalue weighted by Crippen LogP contribution is 2.31. The van der Waals surface area contributed by atoms with E-state index in [9.17, 15) is 9.59 Å². The molecule has 0 aliphatic carbocycles. The Balaban J connectivity index is 1.47. The Labute approximate surface area is 257 Å². The monoisotopic (exact) mass is 598 g/mol. The molecule has 0 saturated heterocycles. The number of methoxy groups -OCH3 is 1. The summed E-state index contributed by atoms with van der Waals surface area (Å²) in [6.07, 6.45) is 2.75. The minimum Gasteiger partial charge on any atom is -0.497 e. The number of unbranched alkanes of at least 4 members (excludes halogenated alkanes) is 1. The molecule has 0 bridgehead atoms. The highest BCUT2D eigenvalue weighted by molar-refractivity contribution is 8.00. The Kier molecular flexibility index (Phi) is 13.0. The van der Waals surface area contributed by atoms with E-state index in [0.29, 0.717) is 6.42 Å². The lowest BCUT2D eigenvalue weighted by Gasteiger charge is -2.27. The summed E-state index contributed by atoms with van der Waals surface area (Å²) in [7, 11) is 1.62. The molecular formula is C35H38N2O5S.